The van der Waals surface area contributed by atoms with Crippen molar-refractivity contribution in [1.82, 2.24) is 19.9 Å². The fourth-order valence-electron chi connectivity index (χ4n) is 3.16. The third kappa shape index (κ3) is 3.58. The summed E-state index contributed by atoms with van der Waals surface area (Å²) in [7, 11) is 0. The van der Waals surface area contributed by atoms with Gasteiger partial charge in [-0.05, 0) is 25.8 Å². The van der Waals surface area contributed by atoms with Gasteiger partial charge < -0.3 is 10.2 Å². The molecule has 0 aliphatic carbocycles. The largest absolute Gasteiger partial charge is 0.331 e. The van der Waals surface area contributed by atoms with Crippen molar-refractivity contribution in [2.24, 2.45) is 0 Å². The summed E-state index contributed by atoms with van der Waals surface area (Å²) in [6.07, 6.45) is 1.79. The number of nitrogens with one attached hydrogen (secondary N) is 1. The van der Waals surface area contributed by atoms with Gasteiger partial charge >= 0.3 is 0 Å². The van der Waals surface area contributed by atoms with E-state index in [0.29, 0.717) is 36.5 Å². The number of amides is 2. The molecule has 0 saturated carbocycles. The van der Waals surface area contributed by atoms with Crippen molar-refractivity contribution in [3.63, 3.8) is 0 Å². The van der Waals surface area contributed by atoms with Crippen LogP contribution in [0.4, 0.5) is 10.2 Å². The van der Waals surface area contributed by atoms with Crippen LogP contribution >= 0.6 is 0 Å². The maximum Gasteiger partial charge on any atom is 0.248 e. The van der Waals surface area contributed by atoms with E-state index in [2.05, 4.69) is 15.6 Å². The second kappa shape index (κ2) is 7.63. The Labute approximate surface area is 151 Å². The molecule has 2 heterocycles. The Bertz CT molecular complexity index is 820. The zero-order chi connectivity index (χ0) is 18.7. The Hall–Kier alpha value is -2.77. The number of carbonyl (C=O) groups excluding carboxylic acids is 2. The number of aromatic nitrogens is 3. The Balaban J connectivity index is 1.72. The smallest absolute Gasteiger partial charge is 0.248 e. The van der Waals surface area contributed by atoms with Gasteiger partial charge in [-0.25, -0.2) is 9.07 Å². The molecule has 1 aliphatic rings. The fourth-order valence-corrected chi connectivity index (χ4v) is 3.16. The molecule has 2 amide bonds. The summed E-state index contributed by atoms with van der Waals surface area (Å²) in [6.45, 7) is 4.46. The first-order valence-electron chi connectivity index (χ1n) is 8.75. The van der Waals surface area contributed by atoms with Crippen LogP contribution in [-0.4, -0.2) is 44.3 Å². The second-order valence-electron chi connectivity index (χ2n) is 6.38. The molecule has 1 unspecified atom stereocenters. The highest BCUT2D eigenvalue weighted by Crippen LogP contribution is 2.19. The van der Waals surface area contributed by atoms with E-state index in [9.17, 15) is 14.0 Å². The van der Waals surface area contributed by atoms with Crippen molar-refractivity contribution in [3.8, 4) is 0 Å². The number of anilines is 1. The number of halogens is 1. The molecular formula is C18H22FN5O2. The first-order valence-corrected chi connectivity index (χ1v) is 8.75. The number of rotatable bonds is 6. The molecule has 0 spiro atoms. The van der Waals surface area contributed by atoms with Gasteiger partial charge in [-0.1, -0.05) is 30.3 Å². The van der Waals surface area contributed by atoms with Gasteiger partial charge in [0, 0.05) is 18.5 Å². The number of likely N-dealkylation sites (tertiary alicyclic amines) is 1. The molecule has 7 nitrogen and oxygen atoms in total. The third-order valence-electron chi connectivity index (χ3n) is 4.68. The highest BCUT2D eigenvalue weighted by molar-refractivity contribution is 5.97. The highest BCUT2D eigenvalue weighted by atomic mass is 19.1. The van der Waals surface area contributed by atoms with Crippen molar-refractivity contribution < 1.29 is 14.0 Å². The number of carbonyl (C=O) groups is 2. The van der Waals surface area contributed by atoms with E-state index < -0.39 is 6.04 Å². The van der Waals surface area contributed by atoms with Crippen molar-refractivity contribution in [1.29, 1.82) is 0 Å². The fraction of sp³-hybridized carbons (Fsp3) is 0.444. The van der Waals surface area contributed by atoms with Crippen LogP contribution in [0.25, 0.3) is 0 Å². The molecule has 0 bridgehead atoms. The van der Waals surface area contributed by atoms with Crippen molar-refractivity contribution >= 4 is 17.6 Å². The molecular weight excluding hydrogens is 337 g/mol. The van der Waals surface area contributed by atoms with Gasteiger partial charge in [-0.2, -0.15) is 0 Å². The first kappa shape index (κ1) is 18.0. The minimum Gasteiger partial charge on any atom is -0.331 e. The molecule has 1 saturated heterocycles. The predicted octanol–water partition coefficient (Wildman–Crippen LogP) is 2.11. The lowest BCUT2D eigenvalue weighted by Gasteiger charge is -2.25. The molecule has 1 fully saturated rings. The number of nitrogens with zero attached hydrogens (tertiary/aromatic N) is 4. The summed E-state index contributed by atoms with van der Waals surface area (Å²) >= 11 is 0. The van der Waals surface area contributed by atoms with Gasteiger partial charge in [-0.15, -0.1) is 5.10 Å². The van der Waals surface area contributed by atoms with Gasteiger partial charge in [0.15, 0.2) is 5.82 Å². The molecule has 2 aromatic rings. The Kier molecular flexibility index (Phi) is 5.29. The Morgan fingerprint density at radius 1 is 1.38 bits per heavy atom. The quantitative estimate of drug-likeness (QED) is 0.857. The maximum absolute atomic E-state index is 13.8. The topological polar surface area (TPSA) is 80.1 Å². The van der Waals surface area contributed by atoms with Gasteiger partial charge in [0.25, 0.3) is 0 Å². The average Bonchev–Trinajstić information content (AvgIpc) is 3.18. The van der Waals surface area contributed by atoms with E-state index in [1.807, 2.05) is 6.92 Å². The summed E-state index contributed by atoms with van der Waals surface area (Å²) < 4.78 is 15.4. The van der Waals surface area contributed by atoms with Crippen molar-refractivity contribution in [2.45, 2.75) is 45.7 Å². The van der Waals surface area contributed by atoms with Crippen LogP contribution in [0.1, 0.15) is 37.4 Å². The van der Waals surface area contributed by atoms with E-state index in [1.54, 1.807) is 30.0 Å². The van der Waals surface area contributed by atoms with Crippen LogP contribution in [0.15, 0.2) is 24.3 Å². The normalized spacial score (nSPS) is 15.3. The molecule has 1 aromatic carbocycles. The van der Waals surface area contributed by atoms with Crippen LogP contribution in [0, 0.1) is 12.7 Å². The lowest BCUT2D eigenvalue weighted by molar-refractivity contribution is -0.135. The molecule has 138 valence electrons. The van der Waals surface area contributed by atoms with Crippen LogP contribution < -0.4 is 5.32 Å². The third-order valence-corrected chi connectivity index (χ3v) is 4.68. The summed E-state index contributed by atoms with van der Waals surface area (Å²) in [6, 6.07) is 5.94. The minimum absolute atomic E-state index is 0.00642. The summed E-state index contributed by atoms with van der Waals surface area (Å²) in [5.74, 6) is -0.251. The SMILES string of the molecule is CCC(C(=O)Nc1nnn(Cc2ccccc2F)c1C)N1CCCC1=O. The van der Waals surface area contributed by atoms with Gasteiger partial charge in [-0.3, -0.25) is 9.59 Å². The standard InChI is InChI=1S/C18H22FN5O2/c1-3-15(23-10-6-9-16(23)25)18(26)20-17-12(2)24(22-21-17)11-13-7-4-5-8-14(13)19/h4-5,7-8,15H,3,6,9-11H2,1-2H3,(H,20,26). The minimum atomic E-state index is -0.513. The molecule has 1 aromatic heterocycles. The van der Waals surface area contributed by atoms with Crippen molar-refractivity contribution in [3.05, 3.63) is 41.3 Å². The maximum atomic E-state index is 13.8. The van der Waals surface area contributed by atoms with Crippen LogP contribution in [0.2, 0.25) is 0 Å². The van der Waals surface area contributed by atoms with E-state index in [0.717, 1.165) is 6.42 Å². The summed E-state index contributed by atoms with van der Waals surface area (Å²) in [5.41, 5.74) is 1.12. The zero-order valence-corrected chi connectivity index (χ0v) is 14.9. The molecule has 1 N–H and O–H groups in total. The number of hydrogen-bond acceptors (Lipinski definition) is 4. The van der Waals surface area contributed by atoms with E-state index >= 15 is 0 Å². The lowest BCUT2D eigenvalue weighted by atomic mass is 10.2. The van der Waals surface area contributed by atoms with Crippen molar-refractivity contribution in [2.75, 3.05) is 11.9 Å². The number of benzene rings is 1. The van der Waals surface area contributed by atoms with Gasteiger partial charge in [0.1, 0.15) is 11.9 Å². The molecule has 3 rings (SSSR count). The monoisotopic (exact) mass is 359 g/mol. The van der Waals surface area contributed by atoms with Crippen LogP contribution in [0.5, 0.6) is 0 Å². The van der Waals surface area contributed by atoms with E-state index in [1.165, 1.54) is 10.7 Å². The Morgan fingerprint density at radius 2 is 2.15 bits per heavy atom. The molecule has 8 heteroatoms. The first-order chi connectivity index (χ1) is 12.5. The summed E-state index contributed by atoms with van der Waals surface area (Å²) in [5, 5.41) is 10.8. The molecule has 1 aliphatic heterocycles. The zero-order valence-electron chi connectivity index (χ0n) is 14.9. The highest BCUT2D eigenvalue weighted by Gasteiger charge is 2.32. The average molecular weight is 359 g/mol. The molecule has 1 atom stereocenters. The second-order valence-corrected chi connectivity index (χ2v) is 6.38. The summed E-state index contributed by atoms with van der Waals surface area (Å²) in [4.78, 5) is 26.1. The van der Waals surface area contributed by atoms with Crippen LogP contribution in [0.3, 0.4) is 0 Å². The molecule has 0 radical (unpaired) electrons. The predicted molar refractivity (Wildman–Crippen MR) is 93.9 cm³/mol. The van der Waals surface area contributed by atoms with Gasteiger partial charge in [0.05, 0.1) is 12.2 Å². The lowest BCUT2D eigenvalue weighted by Crippen LogP contribution is -2.44. The van der Waals surface area contributed by atoms with Gasteiger partial charge in [0.2, 0.25) is 11.8 Å². The molecule has 26 heavy (non-hydrogen) atoms. The van der Waals surface area contributed by atoms with Crippen LogP contribution in [-0.2, 0) is 16.1 Å². The Morgan fingerprint density at radius 3 is 2.81 bits per heavy atom. The van der Waals surface area contributed by atoms with E-state index in [4.69, 9.17) is 0 Å². The van der Waals surface area contributed by atoms with E-state index in [-0.39, 0.29) is 24.2 Å². The number of hydrogen-bond donors (Lipinski definition) is 1.